The van der Waals surface area contributed by atoms with E-state index >= 15 is 0 Å². The molecule has 0 spiro atoms. The third kappa shape index (κ3) is 6.78. The van der Waals surface area contributed by atoms with E-state index < -0.39 is 39.5 Å². The molecule has 8 nitrogen and oxygen atoms in total. The largest absolute Gasteiger partial charge is 0.349 e. The quantitative estimate of drug-likeness (QED) is 0.573. The van der Waals surface area contributed by atoms with E-state index in [1.165, 1.54) is 23.5 Å². The zero-order valence-electron chi connectivity index (χ0n) is 18.7. The van der Waals surface area contributed by atoms with Crippen molar-refractivity contribution in [2.75, 3.05) is 6.54 Å². The van der Waals surface area contributed by atoms with Crippen LogP contribution in [0.15, 0.2) is 40.6 Å². The van der Waals surface area contributed by atoms with Crippen molar-refractivity contribution in [1.82, 2.24) is 15.0 Å². The van der Waals surface area contributed by atoms with Crippen molar-refractivity contribution in [3.8, 4) is 0 Å². The van der Waals surface area contributed by atoms with Gasteiger partial charge in [0, 0.05) is 30.7 Å². The van der Waals surface area contributed by atoms with Crippen molar-refractivity contribution in [2.24, 2.45) is 11.8 Å². The lowest BCUT2D eigenvalue weighted by atomic mass is 9.87. The highest BCUT2D eigenvalue weighted by Crippen LogP contribution is 2.22. The Balaban J connectivity index is 1.78. The van der Waals surface area contributed by atoms with Crippen molar-refractivity contribution in [2.45, 2.75) is 56.9 Å². The number of aryl methyl sites for hydroxylation is 2. The summed E-state index contributed by atoms with van der Waals surface area (Å²) < 4.78 is 28.1. The second-order valence-corrected chi connectivity index (χ2v) is 11.2. The number of hydrogen-bond acceptors (Lipinski definition) is 7. The molecule has 2 bridgehead atoms. The number of amides is 1. The molecule has 1 aromatic carbocycles. The Morgan fingerprint density at radius 3 is 2.64 bits per heavy atom. The van der Waals surface area contributed by atoms with Crippen LogP contribution in [0.25, 0.3) is 0 Å². The molecule has 1 amide bonds. The van der Waals surface area contributed by atoms with Crippen molar-refractivity contribution < 1.29 is 22.8 Å². The van der Waals surface area contributed by atoms with Crippen LogP contribution in [0.5, 0.6) is 0 Å². The fourth-order valence-electron chi connectivity index (χ4n) is 3.72. The number of hydrogen-bond donors (Lipinski definition) is 2. The van der Waals surface area contributed by atoms with Crippen LogP contribution in [0.4, 0.5) is 0 Å². The molecule has 2 N–H and O–H groups in total. The number of rotatable bonds is 7. The monoisotopic (exact) mass is 491 g/mol. The first kappa shape index (κ1) is 25.2. The highest BCUT2D eigenvalue weighted by Gasteiger charge is 2.33. The fraction of sp³-hybridized carbons (Fsp3) is 0.478. The Bertz CT molecular complexity index is 1100. The van der Waals surface area contributed by atoms with Gasteiger partial charge < -0.3 is 5.32 Å². The average Bonchev–Trinajstić information content (AvgIpc) is 3.24. The van der Waals surface area contributed by atoms with Gasteiger partial charge in [-0.1, -0.05) is 32.0 Å². The van der Waals surface area contributed by atoms with Crippen molar-refractivity contribution in [3.05, 3.63) is 46.4 Å². The van der Waals surface area contributed by atoms with Crippen molar-refractivity contribution in [1.29, 1.82) is 0 Å². The molecular weight excluding hydrogens is 462 g/mol. The number of Topliss-reactive ketones (excluding diaryl/α,β-unsaturated/α-hetero) is 2. The van der Waals surface area contributed by atoms with Gasteiger partial charge in [0.05, 0.1) is 21.6 Å². The van der Waals surface area contributed by atoms with Crippen LogP contribution in [0, 0.1) is 11.8 Å². The van der Waals surface area contributed by atoms with E-state index in [2.05, 4.69) is 15.0 Å². The maximum Gasteiger partial charge on any atom is 0.287 e. The molecular formula is C23H29N3O5S2. The SMILES string of the molecule is CC(C)C(NS(=O)(=O)c1ccccc1)C(=O)CC1CCc2nc(cs2)CCCNC(=O)C1=O. The molecule has 2 aromatic rings. The van der Waals surface area contributed by atoms with Crippen LogP contribution < -0.4 is 10.0 Å². The summed E-state index contributed by atoms with van der Waals surface area (Å²) >= 11 is 1.51. The van der Waals surface area contributed by atoms with E-state index in [0.29, 0.717) is 25.8 Å². The third-order valence-electron chi connectivity index (χ3n) is 5.59. The van der Waals surface area contributed by atoms with Crippen LogP contribution >= 0.6 is 11.3 Å². The number of ketones is 2. The van der Waals surface area contributed by atoms with Crippen molar-refractivity contribution >= 4 is 38.8 Å². The second-order valence-electron chi connectivity index (χ2n) is 8.52. The Morgan fingerprint density at radius 1 is 1.21 bits per heavy atom. The molecule has 2 atom stereocenters. The van der Waals surface area contributed by atoms with Gasteiger partial charge in [-0.3, -0.25) is 14.4 Å². The number of fused-ring (bicyclic) bond motifs is 2. The first-order valence-electron chi connectivity index (χ1n) is 11.0. The summed E-state index contributed by atoms with van der Waals surface area (Å²) in [5.74, 6) is -2.94. The van der Waals surface area contributed by atoms with E-state index in [9.17, 15) is 22.8 Å². The molecule has 2 heterocycles. The summed E-state index contributed by atoms with van der Waals surface area (Å²) in [6.45, 7) is 3.83. The lowest BCUT2D eigenvalue weighted by Gasteiger charge is -2.23. The summed E-state index contributed by atoms with van der Waals surface area (Å²) in [4.78, 5) is 43.0. The van der Waals surface area contributed by atoms with E-state index in [0.717, 1.165) is 17.1 Å². The highest BCUT2D eigenvalue weighted by molar-refractivity contribution is 7.89. The van der Waals surface area contributed by atoms with Crippen LogP contribution in [0.2, 0.25) is 0 Å². The Morgan fingerprint density at radius 2 is 1.94 bits per heavy atom. The Hall–Kier alpha value is -2.43. The van der Waals surface area contributed by atoms with E-state index in [-0.39, 0.29) is 17.2 Å². The van der Waals surface area contributed by atoms with Gasteiger partial charge >= 0.3 is 0 Å². The molecule has 0 aliphatic carbocycles. The number of nitrogens with zero attached hydrogens (tertiary/aromatic N) is 1. The molecule has 3 rings (SSSR count). The lowest BCUT2D eigenvalue weighted by Crippen LogP contribution is -2.46. The smallest absolute Gasteiger partial charge is 0.287 e. The zero-order chi connectivity index (χ0) is 24.0. The summed E-state index contributed by atoms with van der Waals surface area (Å²) in [5, 5.41) is 5.47. The first-order valence-corrected chi connectivity index (χ1v) is 13.4. The molecule has 1 aromatic heterocycles. The predicted octanol–water partition coefficient (Wildman–Crippen LogP) is 2.29. The number of aromatic nitrogens is 1. The normalized spacial score (nSPS) is 18.8. The van der Waals surface area contributed by atoms with E-state index in [1.807, 2.05) is 5.38 Å². The lowest BCUT2D eigenvalue weighted by molar-refractivity contribution is -0.141. The van der Waals surface area contributed by atoms with Gasteiger partial charge in [-0.15, -0.1) is 11.3 Å². The average molecular weight is 492 g/mol. The minimum Gasteiger partial charge on any atom is -0.349 e. The van der Waals surface area contributed by atoms with Crippen molar-refractivity contribution in [3.63, 3.8) is 0 Å². The molecule has 0 saturated carbocycles. The molecule has 33 heavy (non-hydrogen) atoms. The maximum atomic E-state index is 13.2. The molecule has 0 fully saturated rings. The third-order valence-corrected chi connectivity index (χ3v) is 8.01. The van der Waals surface area contributed by atoms with Gasteiger partial charge in [0.15, 0.2) is 5.78 Å². The summed E-state index contributed by atoms with van der Waals surface area (Å²) in [6.07, 6.45) is 1.95. The molecule has 10 heteroatoms. The number of thiazole rings is 1. The minimum atomic E-state index is -3.92. The van der Waals surface area contributed by atoms with Gasteiger partial charge in [-0.05, 0) is 37.3 Å². The summed E-state index contributed by atoms with van der Waals surface area (Å²) in [5.41, 5.74) is 0.957. The number of carbonyl (C=O) groups excluding carboxylic acids is 3. The maximum absolute atomic E-state index is 13.2. The standard InChI is InChI=1S/C23H29N3O5S2/c1-15(2)21(26-33(30,31)18-8-4-3-5-9-18)19(27)13-16-10-11-20-25-17(14-32-20)7-6-12-24-23(29)22(16)28/h3-5,8-9,14-16,21,26H,6-7,10-13H2,1-2H3,(H,24,29). The van der Waals surface area contributed by atoms with Crippen LogP contribution in [-0.2, 0) is 37.2 Å². The zero-order valence-corrected chi connectivity index (χ0v) is 20.4. The van der Waals surface area contributed by atoms with Crippen LogP contribution in [0.1, 0.15) is 43.8 Å². The number of nitrogens with one attached hydrogen (secondary N) is 2. The first-order chi connectivity index (χ1) is 15.7. The number of sulfonamides is 1. The van der Waals surface area contributed by atoms with Gasteiger partial charge in [-0.25, -0.2) is 18.1 Å². The molecule has 0 radical (unpaired) electrons. The number of benzene rings is 1. The Kier molecular flexibility index (Phi) is 8.50. The van der Waals surface area contributed by atoms with Gasteiger partial charge in [0.2, 0.25) is 15.8 Å². The molecule has 2 unspecified atom stereocenters. The highest BCUT2D eigenvalue weighted by atomic mass is 32.2. The van der Waals surface area contributed by atoms with Crippen LogP contribution in [0.3, 0.4) is 0 Å². The van der Waals surface area contributed by atoms with E-state index in [4.69, 9.17) is 0 Å². The predicted molar refractivity (Wildman–Crippen MR) is 125 cm³/mol. The molecule has 178 valence electrons. The van der Waals surface area contributed by atoms with Gasteiger partial charge in [-0.2, -0.15) is 0 Å². The summed E-state index contributed by atoms with van der Waals surface area (Å²) in [7, 11) is -3.92. The van der Waals surface area contributed by atoms with E-state index in [1.54, 1.807) is 32.0 Å². The van der Waals surface area contributed by atoms with Gasteiger partial charge in [0.1, 0.15) is 0 Å². The second kappa shape index (κ2) is 11.1. The fourth-order valence-corrected chi connectivity index (χ4v) is 5.96. The minimum absolute atomic E-state index is 0.0597. The number of carbonyl (C=O) groups is 3. The van der Waals surface area contributed by atoms with Gasteiger partial charge in [0.25, 0.3) is 5.91 Å². The summed E-state index contributed by atoms with van der Waals surface area (Å²) in [6, 6.07) is 6.80. The topological polar surface area (TPSA) is 122 Å². The molecule has 1 aliphatic rings. The molecule has 1 aliphatic heterocycles. The molecule has 0 saturated heterocycles. The van der Waals surface area contributed by atoms with Crippen LogP contribution in [-0.4, -0.2) is 43.5 Å². The Labute approximate surface area is 198 Å².